The molecule has 1 N–H and O–H groups in total. The molecule has 1 aromatic rings. The summed E-state index contributed by atoms with van der Waals surface area (Å²) in [6.45, 7) is 3.22. The quantitative estimate of drug-likeness (QED) is 0.836. The van der Waals surface area contributed by atoms with E-state index < -0.39 is 0 Å². The first kappa shape index (κ1) is 14.8. The number of ether oxygens (including phenoxy) is 1. The van der Waals surface area contributed by atoms with E-state index in [2.05, 4.69) is 22.2 Å². The first-order valence-electron chi connectivity index (χ1n) is 8.40. The van der Waals surface area contributed by atoms with E-state index in [0.717, 1.165) is 36.4 Å². The van der Waals surface area contributed by atoms with E-state index in [0.29, 0.717) is 5.88 Å². The minimum atomic E-state index is 0.276. The number of rotatable bonds is 7. The SMILES string of the molecule is CCCNC(CC1CC2CCC1C2)c1nccnc1OC. The third-order valence-corrected chi connectivity index (χ3v) is 5.28. The molecule has 116 valence electrons. The van der Waals surface area contributed by atoms with Crippen LogP contribution in [0.3, 0.4) is 0 Å². The van der Waals surface area contributed by atoms with Crippen LogP contribution in [-0.4, -0.2) is 23.6 Å². The summed E-state index contributed by atoms with van der Waals surface area (Å²) in [6, 6.07) is 0.276. The summed E-state index contributed by atoms with van der Waals surface area (Å²) in [5.41, 5.74) is 0.983. The Kier molecular flexibility index (Phi) is 4.73. The molecule has 1 heterocycles. The summed E-state index contributed by atoms with van der Waals surface area (Å²) in [6.07, 6.45) is 11.6. The van der Waals surface area contributed by atoms with Crippen LogP contribution >= 0.6 is 0 Å². The highest BCUT2D eigenvalue weighted by atomic mass is 16.5. The highest BCUT2D eigenvalue weighted by Gasteiger charge is 2.40. The van der Waals surface area contributed by atoms with Gasteiger partial charge in [-0.25, -0.2) is 4.98 Å². The molecule has 0 radical (unpaired) electrons. The Morgan fingerprint density at radius 3 is 2.81 bits per heavy atom. The van der Waals surface area contributed by atoms with Gasteiger partial charge in [0.15, 0.2) is 0 Å². The zero-order valence-corrected chi connectivity index (χ0v) is 13.2. The van der Waals surface area contributed by atoms with E-state index in [9.17, 15) is 0 Å². The van der Waals surface area contributed by atoms with Gasteiger partial charge in [0.25, 0.3) is 0 Å². The van der Waals surface area contributed by atoms with E-state index in [4.69, 9.17) is 4.74 Å². The zero-order chi connectivity index (χ0) is 14.7. The Labute approximate surface area is 127 Å². The van der Waals surface area contributed by atoms with Crippen molar-refractivity contribution in [3.8, 4) is 5.88 Å². The molecule has 1 aromatic heterocycles. The lowest BCUT2D eigenvalue weighted by atomic mass is 9.83. The van der Waals surface area contributed by atoms with E-state index in [1.807, 2.05) is 0 Å². The van der Waals surface area contributed by atoms with E-state index in [1.54, 1.807) is 19.5 Å². The molecule has 4 nitrogen and oxygen atoms in total. The van der Waals surface area contributed by atoms with Gasteiger partial charge in [-0.15, -0.1) is 0 Å². The number of nitrogens with zero attached hydrogens (tertiary/aromatic N) is 2. The molecule has 0 aromatic carbocycles. The van der Waals surface area contributed by atoms with Crippen LogP contribution in [0.25, 0.3) is 0 Å². The summed E-state index contributed by atoms with van der Waals surface area (Å²) < 4.78 is 5.42. The van der Waals surface area contributed by atoms with Crippen molar-refractivity contribution in [3.63, 3.8) is 0 Å². The molecule has 3 rings (SSSR count). The molecular weight excluding hydrogens is 262 g/mol. The number of methoxy groups -OCH3 is 1. The second-order valence-corrected chi connectivity index (χ2v) is 6.63. The summed E-state index contributed by atoms with van der Waals surface area (Å²) in [5.74, 6) is 3.47. The molecule has 0 saturated heterocycles. The van der Waals surface area contributed by atoms with Crippen LogP contribution in [0, 0.1) is 17.8 Å². The van der Waals surface area contributed by atoms with Crippen LogP contribution < -0.4 is 10.1 Å². The van der Waals surface area contributed by atoms with Gasteiger partial charge in [-0.05, 0) is 56.4 Å². The number of hydrogen-bond acceptors (Lipinski definition) is 4. The second kappa shape index (κ2) is 6.73. The van der Waals surface area contributed by atoms with Crippen LogP contribution in [0.5, 0.6) is 5.88 Å². The normalized spacial score (nSPS) is 28.8. The smallest absolute Gasteiger partial charge is 0.236 e. The predicted octanol–water partition coefficient (Wildman–Crippen LogP) is 3.35. The van der Waals surface area contributed by atoms with Crippen molar-refractivity contribution in [2.45, 2.75) is 51.5 Å². The van der Waals surface area contributed by atoms with Crippen molar-refractivity contribution in [2.24, 2.45) is 17.8 Å². The topological polar surface area (TPSA) is 47.0 Å². The van der Waals surface area contributed by atoms with Gasteiger partial charge in [0.1, 0.15) is 5.69 Å². The Morgan fingerprint density at radius 2 is 2.14 bits per heavy atom. The number of hydrogen-bond donors (Lipinski definition) is 1. The Hall–Kier alpha value is -1.16. The minimum Gasteiger partial charge on any atom is -0.480 e. The van der Waals surface area contributed by atoms with Crippen LogP contribution in [0.1, 0.15) is 57.2 Å². The first-order valence-corrected chi connectivity index (χ1v) is 8.40. The molecule has 2 aliphatic carbocycles. The van der Waals surface area contributed by atoms with Gasteiger partial charge in [-0.3, -0.25) is 4.98 Å². The van der Waals surface area contributed by atoms with Crippen molar-refractivity contribution in [1.29, 1.82) is 0 Å². The molecular formula is C17H27N3O. The fourth-order valence-electron chi connectivity index (χ4n) is 4.31. The molecule has 4 atom stereocenters. The van der Waals surface area contributed by atoms with Crippen LogP contribution in [0.4, 0.5) is 0 Å². The lowest BCUT2D eigenvalue weighted by molar-refractivity contribution is 0.272. The molecule has 4 heteroatoms. The van der Waals surface area contributed by atoms with Gasteiger partial charge in [-0.1, -0.05) is 13.3 Å². The largest absolute Gasteiger partial charge is 0.480 e. The lowest BCUT2D eigenvalue weighted by Crippen LogP contribution is -2.27. The maximum absolute atomic E-state index is 5.42. The molecule has 2 fully saturated rings. The maximum atomic E-state index is 5.42. The molecule has 4 unspecified atom stereocenters. The molecule has 0 aliphatic heterocycles. The Bertz CT molecular complexity index is 465. The average molecular weight is 289 g/mol. The Balaban J connectivity index is 1.74. The second-order valence-electron chi connectivity index (χ2n) is 6.63. The molecule has 21 heavy (non-hydrogen) atoms. The number of aromatic nitrogens is 2. The summed E-state index contributed by atoms with van der Waals surface area (Å²) in [4.78, 5) is 8.88. The molecule has 0 amide bonds. The van der Waals surface area contributed by atoms with Crippen molar-refractivity contribution in [1.82, 2.24) is 15.3 Å². The van der Waals surface area contributed by atoms with Crippen molar-refractivity contribution in [3.05, 3.63) is 18.1 Å². The monoisotopic (exact) mass is 289 g/mol. The van der Waals surface area contributed by atoms with Crippen LogP contribution in [0.15, 0.2) is 12.4 Å². The average Bonchev–Trinajstić information content (AvgIpc) is 3.14. The standard InChI is InChI=1S/C17H27N3O/c1-3-6-18-15(16-17(21-2)20-8-7-19-16)11-14-10-12-4-5-13(14)9-12/h7-8,12-15,18H,3-6,9-11H2,1-2H3. The molecule has 2 saturated carbocycles. The van der Waals surface area contributed by atoms with E-state index in [1.165, 1.54) is 32.1 Å². The van der Waals surface area contributed by atoms with Gasteiger partial charge >= 0.3 is 0 Å². The summed E-state index contributed by atoms with van der Waals surface area (Å²) in [5, 5.41) is 3.66. The minimum absolute atomic E-state index is 0.276. The summed E-state index contributed by atoms with van der Waals surface area (Å²) in [7, 11) is 1.68. The molecule has 2 aliphatic rings. The molecule has 2 bridgehead atoms. The molecule has 0 spiro atoms. The number of fused-ring (bicyclic) bond motifs is 2. The maximum Gasteiger partial charge on any atom is 0.236 e. The predicted molar refractivity (Wildman–Crippen MR) is 83.2 cm³/mol. The third kappa shape index (κ3) is 3.20. The first-order chi connectivity index (χ1) is 10.3. The van der Waals surface area contributed by atoms with E-state index in [-0.39, 0.29) is 6.04 Å². The van der Waals surface area contributed by atoms with E-state index >= 15 is 0 Å². The van der Waals surface area contributed by atoms with Gasteiger partial charge in [0.05, 0.1) is 13.2 Å². The highest BCUT2D eigenvalue weighted by Crippen LogP contribution is 2.51. The van der Waals surface area contributed by atoms with Crippen molar-refractivity contribution >= 4 is 0 Å². The van der Waals surface area contributed by atoms with Crippen molar-refractivity contribution < 1.29 is 4.74 Å². The fraction of sp³-hybridized carbons (Fsp3) is 0.765. The lowest BCUT2D eigenvalue weighted by Gasteiger charge is -2.27. The van der Waals surface area contributed by atoms with Crippen LogP contribution in [0.2, 0.25) is 0 Å². The summed E-state index contributed by atoms with van der Waals surface area (Å²) >= 11 is 0. The van der Waals surface area contributed by atoms with Crippen molar-refractivity contribution in [2.75, 3.05) is 13.7 Å². The highest BCUT2D eigenvalue weighted by molar-refractivity contribution is 5.21. The fourth-order valence-corrected chi connectivity index (χ4v) is 4.31. The van der Waals surface area contributed by atoms with Gasteiger partial charge < -0.3 is 10.1 Å². The van der Waals surface area contributed by atoms with Crippen LogP contribution in [-0.2, 0) is 0 Å². The van der Waals surface area contributed by atoms with Gasteiger partial charge in [-0.2, -0.15) is 0 Å². The third-order valence-electron chi connectivity index (χ3n) is 5.28. The Morgan fingerprint density at radius 1 is 1.29 bits per heavy atom. The van der Waals surface area contributed by atoms with Gasteiger partial charge in [0, 0.05) is 12.4 Å². The van der Waals surface area contributed by atoms with Gasteiger partial charge in [0.2, 0.25) is 5.88 Å². The zero-order valence-electron chi connectivity index (χ0n) is 13.2. The number of nitrogens with one attached hydrogen (secondary N) is 1.